The smallest absolute Gasteiger partial charge is 0.188 e. The summed E-state index contributed by atoms with van der Waals surface area (Å²) in [6.07, 6.45) is 2.81. The quantitative estimate of drug-likeness (QED) is 0.625. The Kier molecular flexibility index (Phi) is 4.25. The molecule has 0 unspecified atom stereocenters. The van der Waals surface area contributed by atoms with E-state index in [1.165, 1.54) is 6.08 Å². The summed E-state index contributed by atoms with van der Waals surface area (Å²) in [4.78, 5) is 11.8. The molecule has 102 valence electrons. The van der Waals surface area contributed by atoms with Gasteiger partial charge in [-0.05, 0) is 35.9 Å². The average molecular weight is 274 g/mol. The van der Waals surface area contributed by atoms with Crippen LogP contribution in [0.5, 0.6) is 5.75 Å². The second-order valence-corrected chi connectivity index (χ2v) is 4.09. The number of ketones is 1. The highest BCUT2D eigenvalue weighted by Crippen LogP contribution is 2.14. The number of ether oxygens (including phenoxy) is 1. The van der Waals surface area contributed by atoms with Crippen LogP contribution >= 0.6 is 0 Å². The van der Waals surface area contributed by atoms with Gasteiger partial charge in [0.2, 0.25) is 0 Å². The Morgan fingerprint density at radius 1 is 1.10 bits per heavy atom. The Morgan fingerprint density at radius 2 is 1.80 bits per heavy atom. The van der Waals surface area contributed by atoms with E-state index in [0.29, 0.717) is 11.8 Å². The van der Waals surface area contributed by atoms with Crippen molar-refractivity contribution in [1.29, 1.82) is 0 Å². The maximum Gasteiger partial charge on any atom is 0.188 e. The third-order valence-electron chi connectivity index (χ3n) is 2.74. The fourth-order valence-electron chi connectivity index (χ4n) is 1.67. The van der Waals surface area contributed by atoms with Crippen LogP contribution in [0.2, 0.25) is 0 Å². The zero-order chi connectivity index (χ0) is 14.5. The van der Waals surface area contributed by atoms with Crippen molar-refractivity contribution >= 4 is 11.9 Å². The molecule has 2 aromatic carbocycles. The number of rotatable bonds is 4. The predicted molar refractivity (Wildman–Crippen MR) is 72.7 cm³/mol. The number of methoxy groups -OCH3 is 1. The Bertz CT molecular complexity index is 646. The number of hydrogen-bond acceptors (Lipinski definition) is 2. The van der Waals surface area contributed by atoms with Crippen molar-refractivity contribution in [2.24, 2.45) is 0 Å². The number of allylic oxidation sites excluding steroid dienone is 1. The maximum atomic E-state index is 13.4. The molecule has 0 atom stereocenters. The van der Waals surface area contributed by atoms with Gasteiger partial charge >= 0.3 is 0 Å². The Balaban J connectivity index is 2.15. The minimum Gasteiger partial charge on any atom is -0.497 e. The summed E-state index contributed by atoms with van der Waals surface area (Å²) in [5.74, 6) is -1.39. The van der Waals surface area contributed by atoms with Gasteiger partial charge < -0.3 is 4.74 Å². The van der Waals surface area contributed by atoms with E-state index in [1.54, 1.807) is 37.5 Å². The second-order valence-electron chi connectivity index (χ2n) is 4.09. The molecule has 2 nitrogen and oxygen atoms in total. The zero-order valence-corrected chi connectivity index (χ0v) is 10.8. The molecule has 20 heavy (non-hydrogen) atoms. The number of benzene rings is 2. The summed E-state index contributed by atoms with van der Waals surface area (Å²) in [5.41, 5.74) is 0.623. The van der Waals surface area contributed by atoms with Crippen molar-refractivity contribution in [1.82, 2.24) is 0 Å². The van der Waals surface area contributed by atoms with Crippen LogP contribution in [0.25, 0.3) is 6.08 Å². The van der Waals surface area contributed by atoms with E-state index >= 15 is 0 Å². The van der Waals surface area contributed by atoms with Gasteiger partial charge in [0, 0.05) is 6.07 Å². The van der Waals surface area contributed by atoms with Crippen LogP contribution in [0, 0.1) is 11.6 Å². The molecular formula is C16H12F2O2. The molecule has 4 heteroatoms. The van der Waals surface area contributed by atoms with Crippen molar-refractivity contribution in [3.05, 3.63) is 71.3 Å². The van der Waals surface area contributed by atoms with Crippen molar-refractivity contribution < 1.29 is 18.3 Å². The first-order chi connectivity index (χ1) is 9.60. The summed E-state index contributed by atoms with van der Waals surface area (Å²) in [6, 6.07) is 9.91. The lowest BCUT2D eigenvalue weighted by atomic mass is 10.1. The first kappa shape index (κ1) is 13.9. The van der Waals surface area contributed by atoms with E-state index in [1.807, 2.05) is 0 Å². The zero-order valence-electron chi connectivity index (χ0n) is 10.8. The lowest BCUT2D eigenvalue weighted by Gasteiger charge is -2.00. The lowest BCUT2D eigenvalue weighted by Crippen LogP contribution is -1.99. The molecule has 0 saturated heterocycles. The molecule has 0 radical (unpaired) electrons. The van der Waals surface area contributed by atoms with Gasteiger partial charge in [-0.3, -0.25) is 4.79 Å². The molecule has 2 aromatic rings. The van der Waals surface area contributed by atoms with E-state index in [4.69, 9.17) is 4.74 Å². The monoisotopic (exact) mass is 274 g/mol. The van der Waals surface area contributed by atoms with E-state index in [-0.39, 0.29) is 5.56 Å². The van der Waals surface area contributed by atoms with Gasteiger partial charge in [0.05, 0.1) is 12.7 Å². The molecule has 0 N–H and O–H groups in total. The molecule has 0 heterocycles. The standard InChI is InChI=1S/C16H12F2O2/c1-20-13-6-2-11(3-7-13)4-9-16(19)14-8-5-12(17)10-15(14)18/h2-10H,1H3. The highest BCUT2D eigenvalue weighted by Gasteiger charge is 2.09. The lowest BCUT2D eigenvalue weighted by molar-refractivity contribution is 0.104. The fourth-order valence-corrected chi connectivity index (χ4v) is 1.67. The third kappa shape index (κ3) is 3.29. The highest BCUT2D eigenvalue weighted by molar-refractivity contribution is 6.06. The SMILES string of the molecule is COc1ccc(C=CC(=O)c2ccc(F)cc2F)cc1. The summed E-state index contributed by atoms with van der Waals surface area (Å²) >= 11 is 0. The average Bonchev–Trinajstić information content (AvgIpc) is 2.45. The van der Waals surface area contributed by atoms with Gasteiger partial charge in [0.1, 0.15) is 17.4 Å². The third-order valence-corrected chi connectivity index (χ3v) is 2.74. The molecule has 0 fully saturated rings. The molecule has 0 aliphatic heterocycles. The summed E-state index contributed by atoms with van der Waals surface area (Å²) in [6.45, 7) is 0. The van der Waals surface area contributed by atoms with Gasteiger partial charge in [-0.15, -0.1) is 0 Å². The largest absolute Gasteiger partial charge is 0.497 e. The fraction of sp³-hybridized carbons (Fsp3) is 0.0625. The van der Waals surface area contributed by atoms with Gasteiger partial charge in [0.25, 0.3) is 0 Å². The first-order valence-electron chi connectivity index (χ1n) is 5.91. The summed E-state index contributed by atoms with van der Waals surface area (Å²) < 4.78 is 31.2. The maximum absolute atomic E-state index is 13.4. The minimum atomic E-state index is -0.866. The molecule has 0 amide bonds. The number of hydrogen-bond donors (Lipinski definition) is 0. The Labute approximate surface area is 115 Å². The molecule has 2 rings (SSSR count). The second kappa shape index (κ2) is 6.10. The number of carbonyl (C=O) groups is 1. The van der Waals surface area contributed by atoms with E-state index in [9.17, 15) is 13.6 Å². The number of halogens is 2. The Hall–Kier alpha value is -2.49. The molecule has 0 saturated carbocycles. The molecule has 0 bridgehead atoms. The summed E-state index contributed by atoms with van der Waals surface area (Å²) in [7, 11) is 1.56. The summed E-state index contributed by atoms with van der Waals surface area (Å²) in [5, 5.41) is 0. The van der Waals surface area contributed by atoms with Crippen LogP contribution in [0.4, 0.5) is 8.78 Å². The normalized spacial score (nSPS) is 10.8. The first-order valence-corrected chi connectivity index (χ1v) is 5.91. The van der Waals surface area contributed by atoms with Crippen LogP contribution in [0.15, 0.2) is 48.5 Å². The highest BCUT2D eigenvalue weighted by atomic mass is 19.1. The van der Waals surface area contributed by atoms with Crippen molar-refractivity contribution in [3.8, 4) is 5.75 Å². The molecular weight excluding hydrogens is 262 g/mol. The van der Waals surface area contributed by atoms with E-state index in [0.717, 1.165) is 17.7 Å². The van der Waals surface area contributed by atoms with Crippen LogP contribution in [0.3, 0.4) is 0 Å². The predicted octanol–water partition coefficient (Wildman–Crippen LogP) is 3.87. The van der Waals surface area contributed by atoms with Gasteiger partial charge in [-0.25, -0.2) is 8.78 Å². The van der Waals surface area contributed by atoms with E-state index in [2.05, 4.69) is 0 Å². The van der Waals surface area contributed by atoms with Crippen molar-refractivity contribution in [2.45, 2.75) is 0 Å². The minimum absolute atomic E-state index is 0.156. The van der Waals surface area contributed by atoms with Crippen LogP contribution in [-0.2, 0) is 0 Å². The molecule has 0 spiro atoms. The van der Waals surface area contributed by atoms with Gasteiger partial charge in [-0.2, -0.15) is 0 Å². The van der Waals surface area contributed by atoms with Crippen LogP contribution in [-0.4, -0.2) is 12.9 Å². The topological polar surface area (TPSA) is 26.3 Å². The van der Waals surface area contributed by atoms with Gasteiger partial charge in [-0.1, -0.05) is 18.2 Å². The van der Waals surface area contributed by atoms with Crippen molar-refractivity contribution in [3.63, 3.8) is 0 Å². The van der Waals surface area contributed by atoms with Crippen LogP contribution in [0.1, 0.15) is 15.9 Å². The van der Waals surface area contributed by atoms with E-state index < -0.39 is 17.4 Å². The molecule has 0 aromatic heterocycles. The van der Waals surface area contributed by atoms with Gasteiger partial charge in [0.15, 0.2) is 5.78 Å². The number of carbonyl (C=O) groups excluding carboxylic acids is 1. The Morgan fingerprint density at radius 3 is 2.40 bits per heavy atom. The molecule has 0 aliphatic carbocycles. The molecule has 0 aliphatic rings. The van der Waals surface area contributed by atoms with Crippen molar-refractivity contribution in [2.75, 3.05) is 7.11 Å². The van der Waals surface area contributed by atoms with Crippen LogP contribution < -0.4 is 4.74 Å².